The molecular formula is C12H17N3O2. The van der Waals surface area contributed by atoms with Gasteiger partial charge in [0.2, 0.25) is 5.91 Å². The van der Waals surface area contributed by atoms with Crippen LogP contribution in [0.3, 0.4) is 0 Å². The van der Waals surface area contributed by atoms with Gasteiger partial charge in [0, 0.05) is 5.92 Å². The quantitative estimate of drug-likeness (QED) is 0.638. The molecule has 1 spiro atoms. The third-order valence-corrected chi connectivity index (χ3v) is 4.24. The van der Waals surface area contributed by atoms with E-state index in [2.05, 4.69) is 15.6 Å². The summed E-state index contributed by atoms with van der Waals surface area (Å²) >= 11 is 0. The van der Waals surface area contributed by atoms with Crippen LogP contribution in [0.25, 0.3) is 0 Å². The van der Waals surface area contributed by atoms with Crippen LogP contribution in [0.15, 0.2) is 4.99 Å². The van der Waals surface area contributed by atoms with Crippen molar-refractivity contribution < 1.29 is 9.59 Å². The molecule has 0 radical (unpaired) electrons. The summed E-state index contributed by atoms with van der Waals surface area (Å²) in [5, 5.41) is 6.13. The lowest BCUT2D eigenvalue weighted by Crippen LogP contribution is -2.57. The van der Waals surface area contributed by atoms with E-state index in [9.17, 15) is 9.59 Å². The molecule has 0 aromatic carbocycles. The first-order valence-electron chi connectivity index (χ1n) is 6.37. The van der Waals surface area contributed by atoms with E-state index in [1.807, 2.05) is 0 Å². The Morgan fingerprint density at radius 3 is 2.41 bits per heavy atom. The standard InChI is InChI=1S/C12H17N3O2/c16-10-12(4-1-5-12)11(17)15-9(14-10)8-2-6-13-7-3-8/h8,13H,1-7H2,(H,14,15,16,17). The molecule has 0 bridgehead atoms. The summed E-state index contributed by atoms with van der Waals surface area (Å²) in [6, 6.07) is 0. The number of nitrogens with zero attached hydrogens (tertiary/aromatic N) is 1. The second kappa shape index (κ2) is 3.91. The van der Waals surface area contributed by atoms with E-state index in [-0.39, 0.29) is 17.7 Å². The number of hydrogen-bond acceptors (Lipinski definition) is 3. The third kappa shape index (κ3) is 1.60. The fourth-order valence-electron chi connectivity index (χ4n) is 2.84. The summed E-state index contributed by atoms with van der Waals surface area (Å²) in [6.07, 6.45) is 4.18. The highest BCUT2D eigenvalue weighted by atomic mass is 16.2. The average Bonchev–Trinajstić information content (AvgIpc) is 2.27. The van der Waals surface area contributed by atoms with E-state index in [1.165, 1.54) is 0 Å². The lowest BCUT2D eigenvalue weighted by atomic mass is 9.66. The largest absolute Gasteiger partial charge is 0.317 e. The van der Waals surface area contributed by atoms with E-state index in [0.717, 1.165) is 32.4 Å². The molecule has 92 valence electrons. The van der Waals surface area contributed by atoms with Gasteiger partial charge in [0.15, 0.2) is 0 Å². The number of hydrogen-bond donors (Lipinski definition) is 2. The molecule has 2 aliphatic heterocycles. The fourth-order valence-corrected chi connectivity index (χ4v) is 2.84. The Labute approximate surface area is 100 Å². The van der Waals surface area contributed by atoms with Gasteiger partial charge >= 0.3 is 0 Å². The van der Waals surface area contributed by atoms with Crippen molar-refractivity contribution in [2.24, 2.45) is 16.3 Å². The number of nitrogens with one attached hydrogen (secondary N) is 2. The molecule has 1 aliphatic carbocycles. The first-order valence-corrected chi connectivity index (χ1v) is 6.37. The second-order valence-electron chi connectivity index (χ2n) is 5.22. The number of carbonyl (C=O) groups excluding carboxylic acids is 2. The molecule has 17 heavy (non-hydrogen) atoms. The Hall–Kier alpha value is -1.23. The molecule has 0 aromatic rings. The average molecular weight is 235 g/mol. The van der Waals surface area contributed by atoms with Crippen LogP contribution in [0.4, 0.5) is 0 Å². The van der Waals surface area contributed by atoms with Crippen molar-refractivity contribution in [2.75, 3.05) is 13.1 Å². The molecular weight excluding hydrogens is 218 g/mol. The Kier molecular flexibility index (Phi) is 2.50. The van der Waals surface area contributed by atoms with Gasteiger partial charge in [-0.1, -0.05) is 6.42 Å². The van der Waals surface area contributed by atoms with Crippen LogP contribution in [0.5, 0.6) is 0 Å². The van der Waals surface area contributed by atoms with Crippen LogP contribution in [-0.4, -0.2) is 30.7 Å². The van der Waals surface area contributed by atoms with Crippen molar-refractivity contribution >= 4 is 17.6 Å². The summed E-state index contributed by atoms with van der Waals surface area (Å²) < 4.78 is 0. The van der Waals surface area contributed by atoms with Crippen molar-refractivity contribution in [3.8, 4) is 0 Å². The van der Waals surface area contributed by atoms with E-state index in [4.69, 9.17) is 0 Å². The maximum Gasteiger partial charge on any atom is 0.263 e. The summed E-state index contributed by atoms with van der Waals surface area (Å²) in [7, 11) is 0. The lowest BCUT2D eigenvalue weighted by Gasteiger charge is -2.40. The Morgan fingerprint density at radius 2 is 1.88 bits per heavy atom. The summed E-state index contributed by atoms with van der Waals surface area (Å²) in [5.74, 6) is 0.527. The first-order chi connectivity index (χ1) is 8.22. The molecule has 5 nitrogen and oxygen atoms in total. The summed E-state index contributed by atoms with van der Waals surface area (Å²) in [5.41, 5.74) is -0.795. The third-order valence-electron chi connectivity index (χ3n) is 4.24. The van der Waals surface area contributed by atoms with Gasteiger partial charge < -0.3 is 10.6 Å². The van der Waals surface area contributed by atoms with E-state index in [0.29, 0.717) is 18.7 Å². The van der Waals surface area contributed by atoms with Gasteiger partial charge in [-0.2, -0.15) is 4.99 Å². The van der Waals surface area contributed by atoms with Crippen LogP contribution in [-0.2, 0) is 9.59 Å². The van der Waals surface area contributed by atoms with Gasteiger partial charge in [-0.05, 0) is 38.8 Å². The maximum absolute atomic E-state index is 12.0. The molecule has 2 N–H and O–H groups in total. The maximum atomic E-state index is 12.0. The van der Waals surface area contributed by atoms with Crippen molar-refractivity contribution in [3.63, 3.8) is 0 Å². The van der Waals surface area contributed by atoms with Crippen LogP contribution in [0.2, 0.25) is 0 Å². The molecule has 2 fully saturated rings. The minimum Gasteiger partial charge on any atom is -0.317 e. The molecule has 1 saturated carbocycles. The van der Waals surface area contributed by atoms with Crippen molar-refractivity contribution in [1.29, 1.82) is 0 Å². The molecule has 0 unspecified atom stereocenters. The number of amides is 2. The van der Waals surface area contributed by atoms with E-state index >= 15 is 0 Å². The predicted octanol–water partition coefficient (Wildman–Crippen LogP) is 0.211. The molecule has 2 amide bonds. The molecule has 1 saturated heterocycles. The molecule has 3 aliphatic rings. The zero-order chi connectivity index (χ0) is 11.9. The highest BCUT2D eigenvalue weighted by Crippen LogP contribution is 2.43. The molecule has 3 rings (SSSR count). The minimum atomic E-state index is -0.795. The van der Waals surface area contributed by atoms with Gasteiger partial charge in [-0.25, -0.2) is 0 Å². The highest BCUT2D eigenvalue weighted by Gasteiger charge is 2.53. The molecule has 5 heteroatoms. The number of carbonyl (C=O) groups is 2. The van der Waals surface area contributed by atoms with Crippen molar-refractivity contribution in [2.45, 2.75) is 32.1 Å². The number of rotatable bonds is 1. The van der Waals surface area contributed by atoms with Crippen LogP contribution < -0.4 is 10.6 Å². The van der Waals surface area contributed by atoms with Crippen molar-refractivity contribution in [3.05, 3.63) is 0 Å². The SMILES string of the molecule is O=C1N=C(C2CCNCC2)NC(=O)C12CCC2. The molecule has 0 aromatic heterocycles. The van der Waals surface area contributed by atoms with Crippen LogP contribution in [0.1, 0.15) is 32.1 Å². The minimum absolute atomic E-state index is 0.114. The predicted molar refractivity (Wildman–Crippen MR) is 62.5 cm³/mol. The van der Waals surface area contributed by atoms with Crippen LogP contribution in [0, 0.1) is 11.3 Å². The smallest absolute Gasteiger partial charge is 0.263 e. The number of amidine groups is 1. The summed E-state index contributed by atoms with van der Waals surface area (Å²) in [6.45, 7) is 1.86. The van der Waals surface area contributed by atoms with Gasteiger partial charge in [0.05, 0.1) is 0 Å². The Morgan fingerprint density at radius 1 is 1.18 bits per heavy atom. The first kappa shape index (κ1) is 10.9. The van der Waals surface area contributed by atoms with Gasteiger partial charge in [0.1, 0.15) is 11.3 Å². The fraction of sp³-hybridized carbons (Fsp3) is 0.750. The topological polar surface area (TPSA) is 70.6 Å². The van der Waals surface area contributed by atoms with Crippen LogP contribution >= 0.6 is 0 Å². The monoisotopic (exact) mass is 235 g/mol. The number of aliphatic imine (C=N–C) groups is 1. The summed E-state index contributed by atoms with van der Waals surface area (Å²) in [4.78, 5) is 28.2. The van der Waals surface area contributed by atoms with E-state index < -0.39 is 5.41 Å². The lowest BCUT2D eigenvalue weighted by molar-refractivity contribution is -0.147. The Bertz CT molecular complexity index is 393. The zero-order valence-electron chi connectivity index (χ0n) is 9.79. The molecule has 0 atom stereocenters. The van der Waals surface area contributed by atoms with E-state index in [1.54, 1.807) is 0 Å². The highest BCUT2D eigenvalue weighted by molar-refractivity contribution is 6.19. The van der Waals surface area contributed by atoms with Gasteiger partial charge in [-0.15, -0.1) is 0 Å². The Balaban J connectivity index is 1.81. The molecule has 2 heterocycles. The second-order valence-corrected chi connectivity index (χ2v) is 5.22. The van der Waals surface area contributed by atoms with Gasteiger partial charge in [-0.3, -0.25) is 9.59 Å². The van der Waals surface area contributed by atoms with Crippen molar-refractivity contribution in [1.82, 2.24) is 10.6 Å². The van der Waals surface area contributed by atoms with Gasteiger partial charge in [0.25, 0.3) is 5.91 Å². The number of piperidine rings is 1. The normalized spacial score (nSPS) is 28.6. The zero-order valence-corrected chi connectivity index (χ0v) is 9.79.